The van der Waals surface area contributed by atoms with Crippen molar-refractivity contribution >= 4 is 22.3 Å². The number of rotatable bonds is 2. The monoisotopic (exact) mass is 331 g/mol. The average molecular weight is 331 g/mol. The van der Waals surface area contributed by atoms with Crippen molar-refractivity contribution < 1.29 is 9.47 Å². The summed E-state index contributed by atoms with van der Waals surface area (Å²) in [7, 11) is 1.67. The highest BCUT2D eigenvalue weighted by Gasteiger charge is 2.35. The first kappa shape index (κ1) is 14.3. The lowest BCUT2D eigenvalue weighted by Crippen LogP contribution is -2.30. The lowest BCUT2D eigenvalue weighted by atomic mass is 9.95. The van der Waals surface area contributed by atoms with Gasteiger partial charge in [-0.15, -0.1) is 0 Å². The Morgan fingerprint density at radius 2 is 2.00 bits per heavy atom. The van der Waals surface area contributed by atoms with E-state index in [1.165, 1.54) is 0 Å². The van der Waals surface area contributed by atoms with Gasteiger partial charge in [-0.1, -0.05) is 18.2 Å². The van der Waals surface area contributed by atoms with Crippen molar-refractivity contribution in [3.8, 4) is 11.6 Å². The molecule has 1 aromatic heterocycles. The van der Waals surface area contributed by atoms with Crippen LogP contribution in [-0.4, -0.2) is 31.0 Å². The Hall–Kier alpha value is -3.08. The number of fused-ring (bicyclic) bond motifs is 4. The second-order valence-electron chi connectivity index (χ2n) is 6.31. The van der Waals surface area contributed by atoms with Crippen molar-refractivity contribution in [3.05, 3.63) is 60.2 Å². The maximum Gasteiger partial charge on any atom is 0.223 e. The predicted molar refractivity (Wildman–Crippen MR) is 97.6 cm³/mol. The zero-order valence-electron chi connectivity index (χ0n) is 13.8. The molecule has 5 heteroatoms. The van der Waals surface area contributed by atoms with Gasteiger partial charge in [-0.2, -0.15) is 5.10 Å². The third kappa shape index (κ3) is 2.31. The molecule has 1 atom stereocenters. The summed E-state index contributed by atoms with van der Waals surface area (Å²) < 4.78 is 11.3. The van der Waals surface area contributed by atoms with Crippen LogP contribution in [0.25, 0.3) is 10.9 Å². The fraction of sp³-hybridized carbons (Fsp3) is 0.200. The number of methoxy groups -OCH3 is 1. The summed E-state index contributed by atoms with van der Waals surface area (Å²) >= 11 is 0. The Balaban J connectivity index is 1.61. The number of nitrogens with zero attached hydrogens (tertiary/aromatic N) is 3. The highest BCUT2D eigenvalue weighted by molar-refractivity contribution is 6.08. The molecule has 0 bridgehead atoms. The van der Waals surface area contributed by atoms with Gasteiger partial charge in [0.15, 0.2) is 0 Å². The number of anilines is 1. The summed E-state index contributed by atoms with van der Waals surface area (Å²) in [6.45, 7) is 1.44. The molecule has 0 N–H and O–H groups in total. The van der Waals surface area contributed by atoms with E-state index in [9.17, 15) is 0 Å². The van der Waals surface area contributed by atoms with Gasteiger partial charge in [0.05, 0.1) is 42.1 Å². The normalized spacial score (nSPS) is 18.4. The SMILES string of the molecule is COc1ccc2nc3c(cc2c1)C1=NN(c2ccccc2)CC1CO3. The Bertz CT molecular complexity index is 985. The largest absolute Gasteiger partial charge is 0.497 e. The van der Waals surface area contributed by atoms with Crippen molar-refractivity contribution in [2.24, 2.45) is 11.0 Å². The Kier molecular flexibility index (Phi) is 3.13. The molecule has 124 valence electrons. The van der Waals surface area contributed by atoms with Crippen LogP contribution in [0.2, 0.25) is 0 Å². The summed E-state index contributed by atoms with van der Waals surface area (Å²) in [5.41, 5.74) is 4.04. The molecule has 0 fully saturated rings. The Morgan fingerprint density at radius 3 is 2.84 bits per heavy atom. The predicted octanol–water partition coefficient (Wildman–Crippen LogP) is 3.48. The lowest BCUT2D eigenvalue weighted by molar-refractivity contribution is 0.270. The van der Waals surface area contributed by atoms with Gasteiger partial charge in [0, 0.05) is 5.39 Å². The van der Waals surface area contributed by atoms with Crippen molar-refractivity contribution in [1.29, 1.82) is 0 Å². The molecule has 2 aliphatic heterocycles. The molecule has 0 saturated heterocycles. The van der Waals surface area contributed by atoms with Crippen LogP contribution in [0.1, 0.15) is 5.56 Å². The fourth-order valence-corrected chi connectivity index (χ4v) is 3.45. The third-order valence-electron chi connectivity index (χ3n) is 4.75. The summed E-state index contributed by atoms with van der Waals surface area (Å²) in [5, 5.41) is 7.95. The van der Waals surface area contributed by atoms with E-state index in [1.807, 2.05) is 41.4 Å². The Labute approximate surface area is 145 Å². The number of benzene rings is 2. The van der Waals surface area contributed by atoms with E-state index in [4.69, 9.17) is 14.6 Å². The van der Waals surface area contributed by atoms with Crippen LogP contribution in [0.15, 0.2) is 59.7 Å². The summed E-state index contributed by atoms with van der Waals surface area (Å²) in [4.78, 5) is 4.67. The number of para-hydroxylation sites is 1. The second kappa shape index (κ2) is 5.48. The lowest BCUT2D eigenvalue weighted by Gasteiger charge is -2.22. The van der Waals surface area contributed by atoms with E-state index >= 15 is 0 Å². The number of hydrogen-bond acceptors (Lipinski definition) is 5. The van der Waals surface area contributed by atoms with E-state index in [2.05, 4.69) is 23.2 Å². The van der Waals surface area contributed by atoms with Crippen molar-refractivity contribution in [1.82, 2.24) is 4.98 Å². The van der Waals surface area contributed by atoms with E-state index in [1.54, 1.807) is 7.11 Å². The molecule has 25 heavy (non-hydrogen) atoms. The van der Waals surface area contributed by atoms with Crippen molar-refractivity contribution in [3.63, 3.8) is 0 Å². The van der Waals surface area contributed by atoms with Crippen LogP contribution in [0.4, 0.5) is 5.69 Å². The summed E-state index contributed by atoms with van der Waals surface area (Å²) in [5.74, 6) is 1.75. The molecule has 3 heterocycles. The number of pyridine rings is 1. The van der Waals surface area contributed by atoms with Gasteiger partial charge in [-0.3, -0.25) is 5.01 Å². The van der Waals surface area contributed by atoms with Crippen LogP contribution < -0.4 is 14.5 Å². The summed E-state index contributed by atoms with van der Waals surface area (Å²) in [6.07, 6.45) is 0. The highest BCUT2D eigenvalue weighted by Crippen LogP contribution is 2.35. The molecule has 5 rings (SSSR count). The average Bonchev–Trinajstić information content (AvgIpc) is 3.11. The maximum absolute atomic E-state index is 5.94. The minimum atomic E-state index is 0.262. The van der Waals surface area contributed by atoms with Gasteiger partial charge in [0.25, 0.3) is 0 Å². The van der Waals surface area contributed by atoms with Crippen LogP contribution in [0.5, 0.6) is 11.6 Å². The van der Waals surface area contributed by atoms with Crippen LogP contribution in [0.3, 0.4) is 0 Å². The minimum absolute atomic E-state index is 0.262. The molecular formula is C20H17N3O2. The standard InChI is InChI=1S/C20H17N3O2/c1-24-16-7-8-18-13(9-16)10-17-19-14(12-25-20(17)21-18)11-23(22-19)15-5-3-2-4-6-15/h2-10,14H,11-12H2,1H3. The van der Waals surface area contributed by atoms with E-state index in [-0.39, 0.29) is 5.92 Å². The van der Waals surface area contributed by atoms with Crippen molar-refractivity contribution in [2.75, 3.05) is 25.3 Å². The first-order chi connectivity index (χ1) is 12.3. The van der Waals surface area contributed by atoms with Gasteiger partial charge >= 0.3 is 0 Å². The molecule has 0 saturated carbocycles. The molecule has 0 aliphatic carbocycles. The van der Waals surface area contributed by atoms with Gasteiger partial charge in [-0.25, -0.2) is 4.98 Å². The first-order valence-electron chi connectivity index (χ1n) is 8.35. The van der Waals surface area contributed by atoms with Gasteiger partial charge in [0.2, 0.25) is 5.88 Å². The van der Waals surface area contributed by atoms with E-state index in [0.29, 0.717) is 12.5 Å². The fourth-order valence-electron chi connectivity index (χ4n) is 3.45. The zero-order chi connectivity index (χ0) is 16.8. The quantitative estimate of drug-likeness (QED) is 0.721. The van der Waals surface area contributed by atoms with Gasteiger partial charge in [0.1, 0.15) is 12.4 Å². The zero-order valence-corrected chi connectivity index (χ0v) is 13.8. The van der Waals surface area contributed by atoms with Gasteiger partial charge in [-0.05, 0) is 36.4 Å². The number of hydrogen-bond donors (Lipinski definition) is 0. The van der Waals surface area contributed by atoms with E-state index < -0.39 is 0 Å². The molecule has 2 aromatic carbocycles. The minimum Gasteiger partial charge on any atom is -0.497 e. The molecule has 1 unspecified atom stereocenters. The van der Waals surface area contributed by atoms with Gasteiger partial charge < -0.3 is 9.47 Å². The van der Waals surface area contributed by atoms with Crippen LogP contribution in [-0.2, 0) is 0 Å². The molecule has 0 spiro atoms. The molecule has 5 nitrogen and oxygen atoms in total. The molecule has 0 radical (unpaired) electrons. The highest BCUT2D eigenvalue weighted by atomic mass is 16.5. The van der Waals surface area contributed by atoms with Crippen LogP contribution >= 0.6 is 0 Å². The smallest absolute Gasteiger partial charge is 0.223 e. The number of aromatic nitrogens is 1. The molecule has 0 amide bonds. The third-order valence-corrected chi connectivity index (χ3v) is 4.75. The molecule has 2 aliphatic rings. The number of ether oxygens (including phenoxy) is 2. The molecule has 3 aromatic rings. The first-order valence-corrected chi connectivity index (χ1v) is 8.35. The topological polar surface area (TPSA) is 47.0 Å². The second-order valence-corrected chi connectivity index (χ2v) is 6.31. The van der Waals surface area contributed by atoms with Crippen molar-refractivity contribution in [2.45, 2.75) is 0 Å². The van der Waals surface area contributed by atoms with Crippen LogP contribution in [0, 0.1) is 5.92 Å². The Morgan fingerprint density at radius 1 is 1.12 bits per heavy atom. The maximum atomic E-state index is 5.94. The van der Waals surface area contributed by atoms with E-state index in [0.717, 1.165) is 40.2 Å². The summed E-state index contributed by atoms with van der Waals surface area (Å²) in [6, 6.07) is 18.2. The number of hydrazone groups is 1. The molecular weight excluding hydrogens is 314 g/mol.